The second-order valence-electron chi connectivity index (χ2n) is 6.29. The van der Waals surface area contributed by atoms with E-state index in [1.54, 1.807) is 25.3 Å². The van der Waals surface area contributed by atoms with Crippen LogP contribution in [0.5, 0.6) is 17.4 Å². The molecule has 2 aromatic heterocycles. The minimum absolute atomic E-state index is 0.222. The van der Waals surface area contributed by atoms with Gasteiger partial charge in [0.25, 0.3) is 0 Å². The Kier molecular flexibility index (Phi) is 5.05. The van der Waals surface area contributed by atoms with Gasteiger partial charge in [-0.25, -0.2) is 9.97 Å². The Bertz CT molecular complexity index is 1200. The molecular weight excluding hydrogens is 390 g/mol. The molecule has 0 unspecified atom stereocenters. The molecule has 0 saturated carbocycles. The van der Waals surface area contributed by atoms with Gasteiger partial charge in [0, 0.05) is 16.1 Å². The minimum atomic E-state index is 0.222. The smallest absolute Gasteiger partial charge is 0.248 e. The summed E-state index contributed by atoms with van der Waals surface area (Å²) in [6.45, 7) is 1.93. The predicted octanol–water partition coefficient (Wildman–Crippen LogP) is 5.11. The van der Waals surface area contributed by atoms with Crippen LogP contribution in [0.25, 0.3) is 10.9 Å². The Balaban J connectivity index is 1.70. The molecule has 7 nitrogen and oxygen atoms in total. The topological polar surface area (TPSA) is 95.2 Å². The fourth-order valence-corrected chi connectivity index (χ4v) is 3.04. The Morgan fingerprint density at radius 3 is 2.72 bits per heavy atom. The molecule has 2 aromatic carbocycles. The second kappa shape index (κ2) is 7.81. The van der Waals surface area contributed by atoms with Gasteiger partial charge < -0.3 is 20.5 Å². The van der Waals surface area contributed by atoms with Crippen molar-refractivity contribution in [1.82, 2.24) is 15.0 Å². The summed E-state index contributed by atoms with van der Waals surface area (Å²) < 4.78 is 11.4. The Labute approximate surface area is 172 Å². The lowest BCUT2D eigenvalue weighted by Gasteiger charge is -2.14. The van der Waals surface area contributed by atoms with Gasteiger partial charge in [0.15, 0.2) is 11.6 Å². The molecule has 29 heavy (non-hydrogen) atoms. The minimum Gasteiger partial charge on any atom is -0.495 e. The highest BCUT2D eigenvalue weighted by Crippen LogP contribution is 2.36. The van der Waals surface area contributed by atoms with Crippen molar-refractivity contribution >= 4 is 39.7 Å². The number of nitrogens with two attached hydrogens (primary N) is 1. The highest BCUT2D eigenvalue weighted by Gasteiger charge is 2.14. The summed E-state index contributed by atoms with van der Waals surface area (Å²) in [5.41, 5.74) is 8.77. The van der Waals surface area contributed by atoms with Crippen LogP contribution >= 0.6 is 11.6 Å². The number of anilines is 3. The predicted molar refractivity (Wildman–Crippen MR) is 114 cm³/mol. The summed E-state index contributed by atoms with van der Waals surface area (Å²) in [6.07, 6.45) is 1.37. The highest BCUT2D eigenvalue weighted by atomic mass is 35.5. The summed E-state index contributed by atoms with van der Waals surface area (Å²) in [5.74, 6) is 1.76. The van der Waals surface area contributed by atoms with Gasteiger partial charge in [-0.05, 0) is 37.3 Å². The molecule has 0 aliphatic heterocycles. The first-order chi connectivity index (χ1) is 14.0. The average Bonchev–Trinajstić information content (AvgIpc) is 2.71. The number of nitrogens with one attached hydrogen (secondary N) is 1. The molecule has 4 rings (SSSR count). The summed E-state index contributed by atoms with van der Waals surface area (Å²) in [4.78, 5) is 13.0. The molecule has 0 spiro atoms. The second-order valence-corrected chi connectivity index (χ2v) is 6.73. The summed E-state index contributed by atoms with van der Waals surface area (Å²) in [7, 11) is 1.57. The molecule has 0 amide bonds. The summed E-state index contributed by atoms with van der Waals surface area (Å²) in [6, 6.07) is 14.8. The first-order valence-electron chi connectivity index (χ1n) is 8.80. The maximum atomic E-state index is 6.28. The van der Waals surface area contributed by atoms with Gasteiger partial charge in [0.05, 0.1) is 12.8 Å². The molecule has 0 aliphatic carbocycles. The zero-order chi connectivity index (χ0) is 20.4. The van der Waals surface area contributed by atoms with E-state index in [-0.39, 0.29) is 11.6 Å². The molecule has 0 saturated heterocycles. The van der Waals surface area contributed by atoms with E-state index in [2.05, 4.69) is 20.3 Å². The van der Waals surface area contributed by atoms with Gasteiger partial charge in [0.1, 0.15) is 23.3 Å². The number of rotatable bonds is 5. The van der Waals surface area contributed by atoms with Crippen LogP contribution in [-0.2, 0) is 0 Å². The Morgan fingerprint density at radius 2 is 1.90 bits per heavy atom. The van der Waals surface area contributed by atoms with Crippen LogP contribution in [0.3, 0.4) is 0 Å². The normalized spacial score (nSPS) is 10.7. The third-order valence-electron chi connectivity index (χ3n) is 4.29. The van der Waals surface area contributed by atoms with Crippen molar-refractivity contribution < 1.29 is 9.47 Å². The van der Waals surface area contributed by atoms with Crippen molar-refractivity contribution in [3.63, 3.8) is 0 Å². The van der Waals surface area contributed by atoms with E-state index in [4.69, 9.17) is 26.8 Å². The number of aromatic nitrogens is 3. The van der Waals surface area contributed by atoms with Gasteiger partial charge in [-0.2, -0.15) is 4.98 Å². The maximum absolute atomic E-state index is 6.28. The number of halogens is 1. The fraction of sp³-hybridized carbons (Fsp3) is 0.0952. The van der Waals surface area contributed by atoms with E-state index in [9.17, 15) is 0 Å². The maximum Gasteiger partial charge on any atom is 0.248 e. The Morgan fingerprint density at radius 1 is 1.03 bits per heavy atom. The molecule has 0 bridgehead atoms. The van der Waals surface area contributed by atoms with Gasteiger partial charge in [-0.1, -0.05) is 29.8 Å². The van der Waals surface area contributed by atoms with Crippen LogP contribution in [0, 0.1) is 6.92 Å². The number of nitrogens with zero attached hydrogens (tertiary/aromatic N) is 3. The Hall–Kier alpha value is -3.58. The van der Waals surface area contributed by atoms with Crippen LogP contribution < -0.4 is 20.5 Å². The lowest BCUT2D eigenvalue weighted by molar-refractivity contribution is 0.417. The number of ether oxygens (including phenoxy) is 2. The summed E-state index contributed by atoms with van der Waals surface area (Å²) in [5, 5.41) is 4.64. The lowest BCUT2D eigenvalue weighted by atomic mass is 10.2. The van der Waals surface area contributed by atoms with Crippen LogP contribution in [0.4, 0.5) is 17.2 Å². The molecule has 0 radical (unpaired) electrons. The molecule has 2 heterocycles. The molecule has 0 atom stereocenters. The van der Waals surface area contributed by atoms with Crippen LogP contribution in [-0.4, -0.2) is 22.1 Å². The quantitative estimate of drug-likeness (QED) is 0.474. The van der Waals surface area contributed by atoms with E-state index in [1.165, 1.54) is 6.33 Å². The SMILES string of the molecule is COc1ccc(Cl)cc1Nc1ncnc(Oc2cccc3ccc(C)nc23)c1N. The fourth-order valence-electron chi connectivity index (χ4n) is 2.87. The van der Waals surface area contributed by atoms with Crippen LogP contribution in [0.15, 0.2) is 54.9 Å². The van der Waals surface area contributed by atoms with E-state index in [1.807, 2.05) is 37.3 Å². The van der Waals surface area contributed by atoms with E-state index in [0.29, 0.717) is 28.0 Å². The van der Waals surface area contributed by atoms with E-state index in [0.717, 1.165) is 16.6 Å². The molecule has 0 aliphatic rings. The molecule has 0 fully saturated rings. The van der Waals surface area contributed by atoms with Crippen LogP contribution in [0.1, 0.15) is 5.69 Å². The molecule has 4 aromatic rings. The molecular formula is C21H18ClN5O2. The lowest BCUT2D eigenvalue weighted by Crippen LogP contribution is -2.04. The van der Waals surface area contributed by atoms with Crippen molar-refractivity contribution in [3.05, 3.63) is 65.6 Å². The first kappa shape index (κ1) is 18.8. The largest absolute Gasteiger partial charge is 0.495 e. The first-order valence-corrected chi connectivity index (χ1v) is 9.18. The number of hydrogen-bond donors (Lipinski definition) is 2. The third kappa shape index (κ3) is 3.86. The van der Waals surface area contributed by atoms with Crippen molar-refractivity contribution in [2.45, 2.75) is 6.92 Å². The molecule has 8 heteroatoms. The van der Waals surface area contributed by atoms with Crippen molar-refractivity contribution in [2.75, 3.05) is 18.2 Å². The average molecular weight is 408 g/mol. The van der Waals surface area contributed by atoms with Gasteiger partial charge in [0.2, 0.25) is 5.88 Å². The summed E-state index contributed by atoms with van der Waals surface area (Å²) >= 11 is 6.10. The third-order valence-corrected chi connectivity index (χ3v) is 4.53. The number of pyridine rings is 1. The van der Waals surface area contributed by atoms with Gasteiger partial charge in [-0.3, -0.25) is 0 Å². The number of nitrogen functional groups attached to an aromatic ring is 1. The van der Waals surface area contributed by atoms with Gasteiger partial charge >= 0.3 is 0 Å². The van der Waals surface area contributed by atoms with Crippen molar-refractivity contribution in [2.24, 2.45) is 0 Å². The van der Waals surface area contributed by atoms with Crippen LogP contribution in [0.2, 0.25) is 5.02 Å². The van der Waals surface area contributed by atoms with Gasteiger partial charge in [-0.15, -0.1) is 0 Å². The van der Waals surface area contributed by atoms with Crippen molar-refractivity contribution in [1.29, 1.82) is 0 Å². The zero-order valence-corrected chi connectivity index (χ0v) is 16.6. The number of fused-ring (bicyclic) bond motifs is 1. The zero-order valence-electron chi connectivity index (χ0n) is 15.8. The number of para-hydroxylation sites is 1. The standard InChI is InChI=1S/C21H18ClN5O2/c1-12-6-7-13-4-3-5-17(19(13)26-12)29-21-18(23)20(24-11-25-21)27-15-10-14(22)8-9-16(15)28-2/h3-11H,23H2,1-2H3,(H,24,25,27). The number of aryl methyl sites for hydroxylation is 1. The van der Waals surface area contributed by atoms with E-state index >= 15 is 0 Å². The number of methoxy groups -OCH3 is 1. The highest BCUT2D eigenvalue weighted by molar-refractivity contribution is 6.31. The molecule has 146 valence electrons. The molecule has 3 N–H and O–H groups in total. The van der Waals surface area contributed by atoms with E-state index < -0.39 is 0 Å². The number of hydrogen-bond acceptors (Lipinski definition) is 7. The monoisotopic (exact) mass is 407 g/mol. The van der Waals surface area contributed by atoms with Crippen molar-refractivity contribution in [3.8, 4) is 17.4 Å². The number of benzene rings is 2.